The number of methoxy groups -OCH3 is 1. The molecule has 0 spiro atoms. The minimum Gasteiger partial charge on any atom is -0.490 e. The van der Waals surface area contributed by atoms with Crippen LogP contribution in [0.5, 0.6) is 5.75 Å². The van der Waals surface area contributed by atoms with Crippen molar-refractivity contribution in [1.82, 2.24) is 4.98 Å². The molecule has 1 amide bonds. The van der Waals surface area contributed by atoms with Crippen LogP contribution in [0.1, 0.15) is 15.9 Å². The molecule has 0 fully saturated rings. The molecule has 0 saturated heterocycles. The number of hydrogen-bond acceptors (Lipinski definition) is 6. The second-order valence-corrected chi connectivity index (χ2v) is 6.61. The van der Waals surface area contributed by atoms with Crippen LogP contribution in [-0.4, -0.2) is 22.9 Å². The number of ether oxygens (including phenoxy) is 1. The molecule has 1 N–H and O–H groups in total. The number of nitro groups is 1. The number of nitro benzene ring substituents is 1. The molecule has 0 aliphatic carbocycles. The highest BCUT2D eigenvalue weighted by Gasteiger charge is 2.18. The van der Waals surface area contributed by atoms with Crippen LogP contribution in [0, 0.1) is 17.0 Å². The van der Waals surface area contributed by atoms with Gasteiger partial charge in [0, 0.05) is 22.9 Å². The molecule has 8 nitrogen and oxygen atoms in total. The van der Waals surface area contributed by atoms with E-state index < -0.39 is 10.8 Å². The van der Waals surface area contributed by atoms with Crippen molar-refractivity contribution in [2.75, 3.05) is 12.4 Å². The van der Waals surface area contributed by atoms with Gasteiger partial charge in [0.25, 0.3) is 5.91 Å². The molecule has 8 heteroatoms. The molecular formula is C22H17N3O5. The van der Waals surface area contributed by atoms with Gasteiger partial charge in [0.05, 0.1) is 12.0 Å². The second kappa shape index (κ2) is 7.67. The number of carbonyl (C=O) groups is 1. The smallest absolute Gasteiger partial charge is 0.311 e. The van der Waals surface area contributed by atoms with Gasteiger partial charge in [0.1, 0.15) is 5.52 Å². The first-order valence-corrected chi connectivity index (χ1v) is 9.06. The van der Waals surface area contributed by atoms with Crippen LogP contribution >= 0.6 is 0 Å². The molecule has 3 aromatic carbocycles. The van der Waals surface area contributed by atoms with E-state index in [1.165, 1.54) is 25.3 Å². The molecule has 0 aliphatic heterocycles. The monoisotopic (exact) mass is 403 g/mol. The number of nitrogens with zero attached hydrogens (tertiary/aromatic N) is 2. The molecule has 4 aromatic rings. The quantitative estimate of drug-likeness (QED) is 0.372. The Morgan fingerprint density at radius 2 is 1.93 bits per heavy atom. The fourth-order valence-corrected chi connectivity index (χ4v) is 3.11. The van der Waals surface area contributed by atoms with Crippen molar-refractivity contribution in [1.29, 1.82) is 0 Å². The third-order valence-corrected chi connectivity index (χ3v) is 4.66. The van der Waals surface area contributed by atoms with E-state index in [1.807, 2.05) is 31.2 Å². The lowest BCUT2D eigenvalue weighted by atomic mass is 10.1. The van der Waals surface area contributed by atoms with E-state index in [1.54, 1.807) is 18.2 Å². The van der Waals surface area contributed by atoms with Crippen molar-refractivity contribution in [2.24, 2.45) is 0 Å². The zero-order valence-corrected chi connectivity index (χ0v) is 16.2. The van der Waals surface area contributed by atoms with E-state index in [-0.39, 0.29) is 17.0 Å². The molecule has 0 aliphatic rings. The van der Waals surface area contributed by atoms with Crippen molar-refractivity contribution >= 4 is 28.4 Å². The molecule has 30 heavy (non-hydrogen) atoms. The maximum atomic E-state index is 12.6. The van der Waals surface area contributed by atoms with Crippen LogP contribution < -0.4 is 10.1 Å². The number of oxazole rings is 1. The van der Waals surface area contributed by atoms with Gasteiger partial charge >= 0.3 is 5.69 Å². The zero-order chi connectivity index (χ0) is 21.3. The van der Waals surface area contributed by atoms with Crippen molar-refractivity contribution in [3.63, 3.8) is 0 Å². The van der Waals surface area contributed by atoms with E-state index in [0.29, 0.717) is 22.7 Å². The van der Waals surface area contributed by atoms with Crippen LogP contribution in [-0.2, 0) is 0 Å². The van der Waals surface area contributed by atoms with Gasteiger partial charge < -0.3 is 14.5 Å². The summed E-state index contributed by atoms with van der Waals surface area (Å²) >= 11 is 0. The highest BCUT2D eigenvalue weighted by Crippen LogP contribution is 2.30. The Bertz CT molecular complexity index is 1280. The van der Waals surface area contributed by atoms with E-state index in [4.69, 9.17) is 9.15 Å². The van der Waals surface area contributed by atoms with Crippen LogP contribution in [0.3, 0.4) is 0 Å². The summed E-state index contributed by atoms with van der Waals surface area (Å²) in [6.45, 7) is 1.98. The molecule has 0 bridgehead atoms. The van der Waals surface area contributed by atoms with Crippen LogP contribution in [0.4, 0.5) is 11.4 Å². The number of anilines is 1. The van der Waals surface area contributed by atoms with Crippen LogP contribution in [0.15, 0.2) is 65.1 Å². The summed E-state index contributed by atoms with van der Waals surface area (Å²) < 4.78 is 10.8. The number of aryl methyl sites for hydroxylation is 1. The Labute approximate surface area is 171 Å². The highest BCUT2D eigenvalue weighted by atomic mass is 16.6. The molecule has 0 unspecified atom stereocenters. The minimum absolute atomic E-state index is 0.0873. The maximum absolute atomic E-state index is 12.6. The van der Waals surface area contributed by atoms with Crippen molar-refractivity contribution in [2.45, 2.75) is 6.92 Å². The van der Waals surface area contributed by atoms with Gasteiger partial charge in [-0.1, -0.05) is 18.2 Å². The summed E-state index contributed by atoms with van der Waals surface area (Å²) in [5, 5.41) is 13.9. The average Bonchev–Trinajstić information content (AvgIpc) is 3.16. The van der Waals surface area contributed by atoms with Crippen LogP contribution in [0.2, 0.25) is 0 Å². The van der Waals surface area contributed by atoms with Gasteiger partial charge in [-0.2, -0.15) is 0 Å². The Kier molecular flexibility index (Phi) is 4.89. The standard InChI is InChI=1S/C22H17N3O5/c1-13-5-3-4-6-16(13)22-24-17-12-15(8-10-19(17)30-22)23-21(26)14-7-9-20(29-2)18(11-14)25(27)28/h3-12H,1-2H3,(H,23,26). The number of nitrogens with one attached hydrogen (secondary N) is 1. The summed E-state index contributed by atoms with van der Waals surface area (Å²) in [7, 11) is 1.33. The van der Waals surface area contributed by atoms with Crippen molar-refractivity contribution in [3.8, 4) is 17.2 Å². The lowest BCUT2D eigenvalue weighted by Crippen LogP contribution is -2.12. The Hall–Kier alpha value is -4.20. The second-order valence-electron chi connectivity index (χ2n) is 6.61. The lowest BCUT2D eigenvalue weighted by molar-refractivity contribution is -0.385. The Morgan fingerprint density at radius 3 is 2.67 bits per heavy atom. The van der Waals surface area contributed by atoms with Gasteiger partial charge in [0.2, 0.25) is 5.89 Å². The van der Waals surface area contributed by atoms with Gasteiger partial charge in [-0.15, -0.1) is 0 Å². The average molecular weight is 403 g/mol. The SMILES string of the molecule is COc1ccc(C(=O)Nc2ccc3oc(-c4ccccc4C)nc3c2)cc1[N+](=O)[O-]. The van der Waals surface area contributed by atoms with Crippen molar-refractivity contribution in [3.05, 3.63) is 81.9 Å². The summed E-state index contributed by atoms with van der Waals surface area (Å²) in [6, 6.07) is 16.9. The minimum atomic E-state index is -0.593. The van der Waals surface area contributed by atoms with Gasteiger partial charge in [-0.05, 0) is 48.9 Å². The first-order chi connectivity index (χ1) is 14.5. The van der Waals surface area contributed by atoms with Gasteiger partial charge in [-0.3, -0.25) is 14.9 Å². The third-order valence-electron chi connectivity index (χ3n) is 4.66. The largest absolute Gasteiger partial charge is 0.490 e. The third kappa shape index (κ3) is 3.58. The summed E-state index contributed by atoms with van der Waals surface area (Å²) in [5.41, 5.74) is 3.47. The fourth-order valence-electron chi connectivity index (χ4n) is 3.11. The van der Waals surface area contributed by atoms with Crippen LogP contribution in [0.25, 0.3) is 22.6 Å². The lowest BCUT2D eigenvalue weighted by Gasteiger charge is -2.06. The van der Waals surface area contributed by atoms with E-state index in [9.17, 15) is 14.9 Å². The number of fused-ring (bicyclic) bond motifs is 1. The number of aromatic nitrogens is 1. The first kappa shape index (κ1) is 19.1. The molecule has 1 aromatic heterocycles. The van der Waals surface area contributed by atoms with E-state index >= 15 is 0 Å². The van der Waals surface area contributed by atoms with Crippen molar-refractivity contribution < 1.29 is 18.9 Å². The predicted octanol–water partition coefficient (Wildman–Crippen LogP) is 4.97. The summed E-state index contributed by atoms with van der Waals surface area (Å²) in [5.74, 6) is 0.101. The molecule has 150 valence electrons. The summed E-state index contributed by atoms with van der Waals surface area (Å²) in [4.78, 5) is 27.7. The Balaban J connectivity index is 1.61. The number of amides is 1. The first-order valence-electron chi connectivity index (χ1n) is 9.06. The van der Waals surface area contributed by atoms with Gasteiger partial charge in [0.15, 0.2) is 11.3 Å². The van der Waals surface area contributed by atoms with E-state index in [0.717, 1.165) is 11.1 Å². The molecule has 4 rings (SSSR count). The fraction of sp³-hybridized carbons (Fsp3) is 0.0909. The number of hydrogen-bond donors (Lipinski definition) is 1. The number of benzene rings is 3. The number of carbonyl (C=O) groups excluding carboxylic acids is 1. The zero-order valence-electron chi connectivity index (χ0n) is 16.2. The predicted molar refractivity (Wildman–Crippen MR) is 112 cm³/mol. The number of rotatable bonds is 5. The Morgan fingerprint density at radius 1 is 1.13 bits per heavy atom. The molecule has 1 heterocycles. The van der Waals surface area contributed by atoms with E-state index in [2.05, 4.69) is 10.3 Å². The molecule has 0 radical (unpaired) electrons. The summed E-state index contributed by atoms with van der Waals surface area (Å²) in [6.07, 6.45) is 0. The highest BCUT2D eigenvalue weighted by molar-refractivity contribution is 6.05. The maximum Gasteiger partial charge on any atom is 0.311 e. The topological polar surface area (TPSA) is 108 Å². The molecular weight excluding hydrogens is 386 g/mol. The van der Waals surface area contributed by atoms with Gasteiger partial charge in [-0.25, -0.2) is 4.98 Å². The molecule has 0 saturated carbocycles. The normalized spacial score (nSPS) is 10.7. The molecule has 0 atom stereocenters.